The molecule has 0 amide bonds. The van der Waals surface area contributed by atoms with E-state index < -0.39 is 7.82 Å². The minimum Gasteiger partial charge on any atom is -0.493 e. The number of phosphoric ester groups is 1. The van der Waals surface area contributed by atoms with Crippen molar-refractivity contribution in [3.05, 3.63) is 96.3 Å². The Morgan fingerprint density at radius 3 is 2.03 bits per heavy atom. The third-order valence-electron chi connectivity index (χ3n) is 7.22. The molecule has 3 aromatic rings. The number of likely N-dealkylation sites (N-methyl/N-ethyl adjacent to an activating group) is 1. The number of fused-ring (bicyclic) bond motifs is 1. The van der Waals surface area contributed by atoms with E-state index in [0.717, 1.165) is 19.4 Å². The largest absolute Gasteiger partial charge is 0.646 e. The number of nitrogens with zero attached hydrogens (tertiary/aromatic N) is 1. The molecule has 0 aromatic heterocycles. The molecule has 2 aliphatic rings. The van der Waals surface area contributed by atoms with Gasteiger partial charge in [-0.05, 0) is 74.5 Å². The van der Waals surface area contributed by atoms with Gasteiger partial charge in [-0.15, -0.1) is 0 Å². The number of ether oxygens (including phenoxy) is 2. The second-order valence-electron chi connectivity index (χ2n) is 9.38. The number of hydrogen-bond acceptors (Lipinski definition) is 7. The Labute approximate surface area is 218 Å². The molecule has 0 bridgehead atoms. The number of hydrogen-bond donors (Lipinski definition) is 0. The first-order valence-corrected chi connectivity index (χ1v) is 13.8. The molecule has 8 heteroatoms. The lowest BCUT2D eigenvalue weighted by atomic mass is 9.68. The van der Waals surface area contributed by atoms with Crippen LogP contribution in [0.15, 0.2) is 90.7 Å². The van der Waals surface area contributed by atoms with Crippen LogP contribution in [0.1, 0.15) is 24.8 Å². The van der Waals surface area contributed by atoms with Crippen molar-refractivity contribution >= 4 is 7.82 Å². The highest BCUT2D eigenvalue weighted by molar-refractivity contribution is 7.49. The summed E-state index contributed by atoms with van der Waals surface area (Å²) in [7, 11) is 1.37. The lowest BCUT2D eigenvalue weighted by Crippen LogP contribution is -2.42. The zero-order valence-electron chi connectivity index (χ0n) is 21.3. The minimum absolute atomic E-state index is 0.0521. The predicted molar refractivity (Wildman–Crippen MR) is 142 cm³/mol. The summed E-state index contributed by atoms with van der Waals surface area (Å²) in [5, 5.41) is 0. The Morgan fingerprint density at radius 2 is 1.43 bits per heavy atom. The predicted octanol–water partition coefficient (Wildman–Crippen LogP) is 6.61. The van der Waals surface area contributed by atoms with Gasteiger partial charge in [-0.3, -0.25) is 4.90 Å². The number of allylic oxidation sites excluding steroid dienone is 1. The van der Waals surface area contributed by atoms with Crippen molar-refractivity contribution in [3.63, 3.8) is 0 Å². The summed E-state index contributed by atoms with van der Waals surface area (Å²) in [6.07, 6.45) is 4.48. The standard InChI is InChI=1S/C29H32NO6P/c1-30-19-18-29(22-14-15-26(32-2)27(20-22)33-3)17-16-25(21-28(29)30)36-37(31,34-23-10-6-4-7-11-23)35-24-12-8-5-9-13-24/h4-15,20-21,28H,16-19H2,1-3H3/t28-,29-/m0/s1. The van der Waals surface area contributed by atoms with E-state index in [1.165, 1.54) is 5.56 Å². The summed E-state index contributed by atoms with van der Waals surface area (Å²) >= 11 is 0. The normalized spacial score (nSPS) is 21.5. The van der Waals surface area contributed by atoms with E-state index in [4.69, 9.17) is 23.0 Å². The van der Waals surface area contributed by atoms with Crippen LogP contribution < -0.4 is 18.5 Å². The molecule has 0 radical (unpaired) electrons. The van der Waals surface area contributed by atoms with Crippen LogP contribution in [-0.2, 0) is 14.5 Å². The number of benzene rings is 3. The molecule has 1 fully saturated rings. The second kappa shape index (κ2) is 10.5. The fourth-order valence-corrected chi connectivity index (χ4v) is 6.66. The molecule has 37 heavy (non-hydrogen) atoms. The summed E-state index contributed by atoms with van der Waals surface area (Å²) in [6.45, 7) is 0.932. The number of para-hydroxylation sites is 2. The van der Waals surface area contributed by atoms with Gasteiger partial charge in [0.2, 0.25) is 0 Å². The SMILES string of the molecule is COc1ccc([C@@]23CCC(OP(=O)(Oc4ccccc4)Oc4ccccc4)=C[C@@H]2N(C)CC3)cc1OC. The Morgan fingerprint density at radius 1 is 0.811 bits per heavy atom. The van der Waals surface area contributed by atoms with Crippen LogP contribution in [0.2, 0.25) is 0 Å². The highest BCUT2D eigenvalue weighted by atomic mass is 31.2. The van der Waals surface area contributed by atoms with Crippen LogP contribution in [0.4, 0.5) is 0 Å². The molecule has 0 saturated carbocycles. The molecule has 1 heterocycles. The summed E-state index contributed by atoms with van der Waals surface area (Å²) in [5.41, 5.74) is 1.07. The van der Waals surface area contributed by atoms with Gasteiger partial charge in [0.1, 0.15) is 17.3 Å². The van der Waals surface area contributed by atoms with Crippen molar-refractivity contribution in [2.24, 2.45) is 0 Å². The van der Waals surface area contributed by atoms with Crippen molar-refractivity contribution in [2.75, 3.05) is 27.8 Å². The quantitative estimate of drug-likeness (QED) is 0.294. The first-order chi connectivity index (χ1) is 17.9. The van der Waals surface area contributed by atoms with Crippen molar-refractivity contribution in [2.45, 2.75) is 30.7 Å². The van der Waals surface area contributed by atoms with Crippen LogP contribution in [0.3, 0.4) is 0 Å². The first-order valence-electron chi connectivity index (χ1n) is 12.4. The summed E-state index contributed by atoms with van der Waals surface area (Å²) in [6, 6.07) is 24.1. The Kier molecular flexibility index (Phi) is 7.18. The smallest absolute Gasteiger partial charge is 0.493 e. The second-order valence-corrected chi connectivity index (χ2v) is 10.8. The lowest BCUT2D eigenvalue weighted by Gasteiger charge is -2.40. The highest BCUT2D eigenvalue weighted by Crippen LogP contribution is 2.55. The molecule has 1 aliphatic heterocycles. The average Bonchev–Trinajstić information content (AvgIpc) is 3.26. The molecule has 7 nitrogen and oxygen atoms in total. The van der Waals surface area contributed by atoms with E-state index in [1.807, 2.05) is 42.5 Å². The molecule has 0 N–H and O–H groups in total. The Hall–Kier alpha value is -3.41. The van der Waals surface area contributed by atoms with Gasteiger partial charge < -0.3 is 23.0 Å². The molecule has 194 valence electrons. The van der Waals surface area contributed by atoms with Gasteiger partial charge in [-0.25, -0.2) is 0 Å². The van der Waals surface area contributed by atoms with Gasteiger partial charge in [0, 0.05) is 17.9 Å². The number of methoxy groups -OCH3 is 2. The molecule has 1 saturated heterocycles. The summed E-state index contributed by atoms with van der Waals surface area (Å²) in [4.78, 5) is 2.31. The van der Waals surface area contributed by atoms with Crippen LogP contribution in [0.25, 0.3) is 0 Å². The van der Waals surface area contributed by atoms with E-state index in [0.29, 0.717) is 35.2 Å². The van der Waals surface area contributed by atoms with Crippen molar-refractivity contribution in [1.29, 1.82) is 0 Å². The number of phosphoric acid groups is 1. The van der Waals surface area contributed by atoms with E-state index in [-0.39, 0.29) is 11.5 Å². The van der Waals surface area contributed by atoms with E-state index in [9.17, 15) is 4.57 Å². The number of rotatable bonds is 9. The third kappa shape index (κ3) is 5.20. The monoisotopic (exact) mass is 521 g/mol. The zero-order valence-corrected chi connectivity index (χ0v) is 22.2. The molecule has 3 aromatic carbocycles. The van der Waals surface area contributed by atoms with Gasteiger partial charge in [0.15, 0.2) is 11.5 Å². The van der Waals surface area contributed by atoms with Crippen molar-refractivity contribution in [3.8, 4) is 23.0 Å². The molecule has 5 rings (SSSR count). The maximum absolute atomic E-state index is 13.9. The van der Waals surface area contributed by atoms with Crippen LogP contribution in [0.5, 0.6) is 23.0 Å². The summed E-state index contributed by atoms with van der Waals surface area (Å²) in [5.74, 6) is 2.85. The van der Waals surface area contributed by atoms with Gasteiger partial charge >= 0.3 is 7.82 Å². The molecular weight excluding hydrogens is 489 g/mol. The molecule has 1 aliphatic carbocycles. The minimum atomic E-state index is -4.03. The van der Waals surface area contributed by atoms with Crippen molar-refractivity contribution in [1.82, 2.24) is 4.90 Å². The van der Waals surface area contributed by atoms with E-state index >= 15 is 0 Å². The first kappa shape index (κ1) is 25.2. The average molecular weight is 522 g/mol. The van der Waals surface area contributed by atoms with E-state index in [1.54, 1.807) is 38.5 Å². The van der Waals surface area contributed by atoms with E-state index in [2.05, 4.69) is 30.2 Å². The van der Waals surface area contributed by atoms with Crippen molar-refractivity contribution < 1.29 is 27.6 Å². The van der Waals surface area contributed by atoms with Crippen LogP contribution in [-0.4, -0.2) is 38.8 Å². The maximum atomic E-state index is 13.9. The van der Waals surface area contributed by atoms with Gasteiger partial charge in [0.25, 0.3) is 0 Å². The summed E-state index contributed by atoms with van der Waals surface area (Å²) < 4.78 is 42.8. The fourth-order valence-electron chi connectivity index (χ4n) is 5.35. The van der Waals surface area contributed by atoms with Gasteiger partial charge in [-0.2, -0.15) is 4.57 Å². The Balaban J connectivity index is 1.45. The topological polar surface area (TPSA) is 66.5 Å². The van der Waals surface area contributed by atoms with Crippen LogP contribution in [0, 0.1) is 0 Å². The molecular formula is C29H32NO6P. The third-order valence-corrected chi connectivity index (χ3v) is 8.55. The highest BCUT2D eigenvalue weighted by Gasteiger charge is 2.49. The lowest BCUT2D eigenvalue weighted by molar-refractivity contribution is 0.211. The zero-order chi connectivity index (χ0) is 25.9. The van der Waals surface area contributed by atoms with Gasteiger partial charge in [-0.1, -0.05) is 42.5 Å². The van der Waals surface area contributed by atoms with Crippen LogP contribution >= 0.6 is 7.82 Å². The van der Waals surface area contributed by atoms with Gasteiger partial charge in [0.05, 0.1) is 14.2 Å². The molecule has 2 atom stereocenters. The Bertz CT molecular complexity index is 1250. The molecule has 0 spiro atoms. The fraction of sp³-hybridized carbons (Fsp3) is 0.310. The maximum Gasteiger partial charge on any atom is 0.646 e. The molecule has 0 unspecified atom stereocenters. The number of likely N-dealkylation sites (tertiary alicyclic amines) is 1.